The molecule has 6 nitrogen and oxygen atoms in total. The molecule has 2 aliphatic carbocycles. The molecule has 4 rings (SSSR count). The summed E-state index contributed by atoms with van der Waals surface area (Å²) < 4.78 is 14.9. The van der Waals surface area contributed by atoms with Crippen molar-refractivity contribution in [3.05, 3.63) is 60.7 Å². The van der Waals surface area contributed by atoms with Gasteiger partial charge in [-0.3, -0.25) is 19.2 Å². The van der Waals surface area contributed by atoms with Crippen molar-refractivity contribution < 1.29 is 23.7 Å². The first kappa shape index (κ1) is 31.1. The van der Waals surface area contributed by atoms with Crippen molar-refractivity contribution >= 4 is 40.7 Å². The van der Waals surface area contributed by atoms with Crippen molar-refractivity contribution in [2.75, 3.05) is 0 Å². The van der Waals surface area contributed by atoms with Crippen LogP contribution in [0, 0.1) is 16.7 Å². The van der Waals surface area contributed by atoms with Gasteiger partial charge in [0.2, 0.25) is 30.1 Å². The van der Waals surface area contributed by atoms with E-state index in [4.69, 9.17) is 0 Å². The molecule has 220 valence electrons. The van der Waals surface area contributed by atoms with Crippen LogP contribution >= 0.6 is 7.14 Å². The predicted molar refractivity (Wildman–Crippen MR) is 163 cm³/mol. The average molecular weight is 578 g/mol. The molecule has 2 fully saturated rings. The van der Waals surface area contributed by atoms with Crippen LogP contribution in [0.15, 0.2) is 60.7 Å². The van der Waals surface area contributed by atoms with Gasteiger partial charge in [0.1, 0.15) is 5.41 Å². The van der Waals surface area contributed by atoms with Crippen molar-refractivity contribution in [1.82, 2.24) is 5.32 Å². The van der Waals surface area contributed by atoms with Gasteiger partial charge in [-0.25, -0.2) is 0 Å². The minimum absolute atomic E-state index is 0.286. The Morgan fingerprint density at radius 2 is 1.37 bits per heavy atom. The summed E-state index contributed by atoms with van der Waals surface area (Å²) in [5.41, 5.74) is -2.86. The number of benzene rings is 2. The largest absolute Gasteiger partial charge is 0.345 e. The van der Waals surface area contributed by atoms with E-state index in [0.717, 1.165) is 19.3 Å². The Balaban J connectivity index is 1.62. The summed E-state index contributed by atoms with van der Waals surface area (Å²) in [4.78, 5) is 54.4. The van der Waals surface area contributed by atoms with E-state index in [1.807, 2.05) is 12.1 Å². The van der Waals surface area contributed by atoms with Crippen LogP contribution < -0.4 is 15.9 Å². The number of fused-ring (bicyclic) bond motifs is 2. The maximum absolute atomic E-state index is 14.9. The number of amides is 1. The van der Waals surface area contributed by atoms with Crippen LogP contribution in [0.5, 0.6) is 0 Å². The molecule has 2 aliphatic rings. The van der Waals surface area contributed by atoms with Crippen LogP contribution in [-0.2, 0) is 23.7 Å². The Kier molecular flexibility index (Phi) is 9.85. The molecule has 0 aromatic heterocycles. The van der Waals surface area contributed by atoms with Gasteiger partial charge in [-0.1, -0.05) is 133 Å². The zero-order valence-corrected chi connectivity index (χ0v) is 25.6. The molecule has 3 unspecified atom stereocenters. The first-order valence-electron chi connectivity index (χ1n) is 15.3. The monoisotopic (exact) mass is 577 g/mol. The number of hydrogen-bond acceptors (Lipinski definition) is 5. The number of carbonyl (C=O) groups is 4. The second kappa shape index (κ2) is 13.0. The second-order valence-electron chi connectivity index (χ2n) is 12.3. The lowest BCUT2D eigenvalue weighted by atomic mass is 9.68. The molecule has 1 N–H and O–H groups in total. The summed E-state index contributed by atoms with van der Waals surface area (Å²) in [5.74, 6) is -2.20. The minimum atomic E-state index is -3.82. The molecule has 0 spiro atoms. The quantitative estimate of drug-likeness (QED) is 0.119. The number of rotatable bonds is 15. The molecule has 2 aromatic carbocycles. The highest BCUT2D eigenvalue weighted by Gasteiger charge is 2.72. The van der Waals surface area contributed by atoms with Gasteiger partial charge in [0, 0.05) is 16.5 Å². The highest BCUT2D eigenvalue weighted by atomic mass is 31.2. The molecule has 2 aromatic rings. The van der Waals surface area contributed by atoms with Crippen molar-refractivity contribution in [3.8, 4) is 0 Å². The summed E-state index contributed by atoms with van der Waals surface area (Å²) >= 11 is 0. The van der Waals surface area contributed by atoms with Crippen LogP contribution in [0.3, 0.4) is 0 Å². The fraction of sp³-hybridized carbons (Fsp3) is 0.529. The summed E-state index contributed by atoms with van der Waals surface area (Å²) in [6.45, 7) is 5.80. The summed E-state index contributed by atoms with van der Waals surface area (Å²) in [6.07, 6.45) is 9.63. The standard InChI is InChI=1S/C34H44NO5P/c1-4-5-6-7-8-9-10-17-22-28(35-32(39)34-24-23-27(33(34,2)3)29(36)30(34)37)31(38)41(40,25-18-13-11-14-19-25)26-20-15-12-16-21-26/h11-16,18-21,27-28H,4-10,17,22-24H2,1-3H3,(H,35,39). The van der Waals surface area contributed by atoms with Crippen molar-refractivity contribution in [1.29, 1.82) is 0 Å². The second-order valence-corrected chi connectivity index (χ2v) is 15.0. The van der Waals surface area contributed by atoms with Gasteiger partial charge < -0.3 is 9.88 Å². The molecule has 1 amide bonds. The molecule has 0 radical (unpaired) electrons. The third-order valence-electron chi connectivity index (χ3n) is 9.59. The Labute approximate surface area is 244 Å². The highest BCUT2D eigenvalue weighted by molar-refractivity contribution is 7.93. The van der Waals surface area contributed by atoms with E-state index in [2.05, 4.69) is 12.2 Å². The van der Waals surface area contributed by atoms with Gasteiger partial charge in [0.05, 0.1) is 6.04 Å². The lowest BCUT2D eigenvalue weighted by Gasteiger charge is -2.35. The number of Topliss-reactive ketones (excluding diaryl/α,β-unsaturated/α-hetero) is 2. The Bertz CT molecular complexity index is 1260. The van der Waals surface area contributed by atoms with E-state index in [0.29, 0.717) is 29.9 Å². The normalized spacial score (nSPS) is 22.1. The third-order valence-corrected chi connectivity index (χ3v) is 12.6. The first-order valence-corrected chi connectivity index (χ1v) is 17.0. The molecule has 41 heavy (non-hydrogen) atoms. The zero-order valence-electron chi connectivity index (χ0n) is 24.7. The van der Waals surface area contributed by atoms with Gasteiger partial charge in [-0.05, 0) is 24.7 Å². The van der Waals surface area contributed by atoms with E-state index >= 15 is 0 Å². The third kappa shape index (κ3) is 5.65. The summed E-state index contributed by atoms with van der Waals surface area (Å²) in [5, 5.41) is 3.74. The van der Waals surface area contributed by atoms with E-state index < -0.39 is 52.9 Å². The Morgan fingerprint density at radius 3 is 1.85 bits per heavy atom. The molecule has 0 heterocycles. The number of unbranched alkanes of at least 4 members (excludes halogenated alkanes) is 7. The lowest BCUT2D eigenvalue weighted by molar-refractivity contribution is -0.150. The summed E-state index contributed by atoms with van der Waals surface area (Å²) in [7, 11) is -3.82. The number of nitrogens with one attached hydrogen (secondary N) is 1. The minimum Gasteiger partial charge on any atom is -0.345 e. The summed E-state index contributed by atoms with van der Waals surface area (Å²) in [6, 6.07) is 16.4. The van der Waals surface area contributed by atoms with E-state index in [1.165, 1.54) is 25.7 Å². The molecular formula is C34H44NO5P. The predicted octanol–water partition coefficient (Wildman–Crippen LogP) is 6.12. The maximum atomic E-state index is 14.9. The number of ketones is 2. The molecule has 3 atom stereocenters. The number of hydrogen-bond donors (Lipinski definition) is 1. The van der Waals surface area contributed by atoms with E-state index in [1.54, 1.807) is 62.4 Å². The smallest absolute Gasteiger partial charge is 0.235 e. The molecule has 7 heteroatoms. The van der Waals surface area contributed by atoms with Crippen LogP contribution in [0.4, 0.5) is 0 Å². The Hall–Kier alpha value is -2.85. The highest BCUT2D eigenvalue weighted by Crippen LogP contribution is 2.62. The van der Waals surface area contributed by atoms with Gasteiger partial charge in [-0.15, -0.1) is 0 Å². The van der Waals surface area contributed by atoms with Crippen LogP contribution in [0.1, 0.15) is 91.4 Å². The molecule has 0 saturated heterocycles. The molecule has 0 aliphatic heterocycles. The fourth-order valence-electron chi connectivity index (χ4n) is 7.00. The van der Waals surface area contributed by atoms with Crippen molar-refractivity contribution in [2.24, 2.45) is 16.7 Å². The SMILES string of the molecule is CCCCCCCCCCC(NC(=O)C12CCC(C(=O)C1=O)C2(C)C)C(=O)P(=O)(c1ccccc1)c1ccccc1. The lowest BCUT2D eigenvalue weighted by Crippen LogP contribution is -2.55. The van der Waals surface area contributed by atoms with Crippen LogP contribution in [0.2, 0.25) is 0 Å². The molecule has 2 saturated carbocycles. The average Bonchev–Trinajstić information content (AvgIpc) is 3.34. The maximum Gasteiger partial charge on any atom is 0.235 e. The van der Waals surface area contributed by atoms with Crippen LogP contribution in [-0.4, -0.2) is 29.0 Å². The molecule has 2 bridgehead atoms. The Morgan fingerprint density at radius 1 is 0.854 bits per heavy atom. The van der Waals surface area contributed by atoms with Crippen molar-refractivity contribution in [3.63, 3.8) is 0 Å². The fourth-order valence-corrected chi connectivity index (χ4v) is 9.63. The van der Waals surface area contributed by atoms with Gasteiger partial charge in [-0.2, -0.15) is 0 Å². The van der Waals surface area contributed by atoms with Gasteiger partial charge in [0.25, 0.3) is 0 Å². The van der Waals surface area contributed by atoms with Gasteiger partial charge >= 0.3 is 0 Å². The van der Waals surface area contributed by atoms with Crippen LogP contribution in [0.25, 0.3) is 0 Å². The van der Waals surface area contributed by atoms with E-state index in [-0.39, 0.29) is 6.42 Å². The number of carbonyl (C=O) groups excluding carboxylic acids is 4. The van der Waals surface area contributed by atoms with Crippen molar-refractivity contribution in [2.45, 2.75) is 97.4 Å². The van der Waals surface area contributed by atoms with E-state index in [9.17, 15) is 23.7 Å². The topological polar surface area (TPSA) is 97.4 Å². The zero-order chi connectivity index (χ0) is 29.7. The first-order chi connectivity index (χ1) is 19.6. The molecular weight excluding hydrogens is 533 g/mol. The van der Waals surface area contributed by atoms with Gasteiger partial charge in [0.15, 0.2) is 0 Å².